The molecule has 0 unspecified atom stereocenters. The lowest BCUT2D eigenvalue weighted by atomic mass is 9.79. The monoisotopic (exact) mass is 850 g/mol. The fourth-order valence-electron chi connectivity index (χ4n) is 11.6. The Kier molecular flexibility index (Phi) is 8.96. The summed E-state index contributed by atoms with van der Waals surface area (Å²) in [6.45, 7) is 18.0. The number of aryl methyl sites for hydroxylation is 8. The predicted molar refractivity (Wildman–Crippen MR) is 284 cm³/mol. The maximum Gasteiger partial charge on any atom is 0.0434 e. The topological polar surface area (TPSA) is 0 Å². The molecule has 0 saturated heterocycles. The first-order valence-electron chi connectivity index (χ1n) is 23.0. The molecule has 10 aromatic carbocycles. The van der Waals surface area contributed by atoms with Crippen LogP contribution in [0.15, 0.2) is 158 Å². The van der Waals surface area contributed by atoms with E-state index in [1.807, 2.05) is 11.3 Å². The molecule has 11 aromatic rings. The van der Waals surface area contributed by atoms with Gasteiger partial charge in [0.25, 0.3) is 0 Å². The Morgan fingerprint density at radius 1 is 0.277 bits per heavy atom. The lowest BCUT2D eigenvalue weighted by Crippen LogP contribution is -1.99. The maximum atomic E-state index is 2.47. The molecule has 1 aliphatic rings. The van der Waals surface area contributed by atoms with Crippen molar-refractivity contribution in [1.29, 1.82) is 0 Å². The Morgan fingerprint density at radius 2 is 0.754 bits per heavy atom. The molecule has 1 aromatic heterocycles. The number of thiophene rings is 1. The molecule has 312 valence electrons. The highest BCUT2D eigenvalue weighted by Crippen LogP contribution is 2.60. The molecule has 0 bridgehead atoms. The molecule has 0 N–H and O–H groups in total. The van der Waals surface area contributed by atoms with Gasteiger partial charge in [0.05, 0.1) is 0 Å². The van der Waals surface area contributed by atoms with Crippen molar-refractivity contribution in [1.82, 2.24) is 0 Å². The van der Waals surface area contributed by atoms with Gasteiger partial charge in [0.2, 0.25) is 0 Å². The fraction of sp³-hybridized carbons (Fsp3) is 0.125. The Hall–Kier alpha value is -7.06. The van der Waals surface area contributed by atoms with E-state index in [1.54, 1.807) is 0 Å². The van der Waals surface area contributed by atoms with Gasteiger partial charge in [-0.15, -0.1) is 11.3 Å². The summed E-state index contributed by atoms with van der Waals surface area (Å²) in [6.07, 6.45) is 0. The zero-order valence-electron chi connectivity index (χ0n) is 38.4. The second kappa shape index (κ2) is 14.7. The van der Waals surface area contributed by atoms with E-state index in [4.69, 9.17) is 0 Å². The molecule has 1 heteroatoms. The molecule has 0 aliphatic heterocycles. The Bertz CT molecular complexity index is 3660. The largest absolute Gasteiger partial charge is 0.135 e. The molecular formula is C64H50S. The van der Waals surface area contributed by atoms with E-state index in [0.717, 1.165) is 0 Å². The van der Waals surface area contributed by atoms with Crippen molar-refractivity contribution >= 4 is 53.1 Å². The smallest absolute Gasteiger partial charge is 0.0434 e. The van der Waals surface area contributed by atoms with Gasteiger partial charge in [-0.3, -0.25) is 0 Å². The van der Waals surface area contributed by atoms with Gasteiger partial charge in [0, 0.05) is 25.7 Å². The average Bonchev–Trinajstić information content (AvgIpc) is 3.83. The number of hydrogen-bond acceptors (Lipinski definition) is 1. The van der Waals surface area contributed by atoms with Crippen LogP contribution in [0.2, 0.25) is 0 Å². The maximum absolute atomic E-state index is 2.47. The summed E-state index contributed by atoms with van der Waals surface area (Å²) < 4.78 is 2.64. The Labute approximate surface area is 386 Å². The summed E-state index contributed by atoms with van der Waals surface area (Å²) in [5.41, 5.74) is 28.7. The van der Waals surface area contributed by atoms with Crippen LogP contribution in [-0.4, -0.2) is 0 Å². The molecule has 1 heterocycles. The number of rotatable bonds is 5. The SMILES string of the molecule is Cc1ccc(-c2ccc3sc4c(-c5ccc6c7c(cccc57)-c5c-6c(-c6c(C)cc(C)cc6C)c6ccccc6c5-c5c(C)cc(C)cc5C)cc(-c5ccc(C)cc5)cc4c3c2)cc1. The first-order chi connectivity index (χ1) is 31.5. The molecule has 1 aliphatic carbocycles. The minimum atomic E-state index is 1.24. The molecule has 0 amide bonds. The normalized spacial score (nSPS) is 12.0. The fourth-order valence-corrected chi connectivity index (χ4v) is 12.8. The van der Waals surface area contributed by atoms with E-state index in [-0.39, 0.29) is 0 Å². The summed E-state index contributed by atoms with van der Waals surface area (Å²) in [7, 11) is 0. The van der Waals surface area contributed by atoms with Crippen LogP contribution in [0.5, 0.6) is 0 Å². The van der Waals surface area contributed by atoms with Crippen molar-refractivity contribution in [2.24, 2.45) is 0 Å². The van der Waals surface area contributed by atoms with E-state index < -0.39 is 0 Å². The van der Waals surface area contributed by atoms with Crippen LogP contribution in [0.25, 0.3) is 120 Å². The second-order valence-corrected chi connectivity index (χ2v) is 20.0. The van der Waals surface area contributed by atoms with Gasteiger partial charge >= 0.3 is 0 Å². The summed E-state index contributed by atoms with van der Waals surface area (Å²) in [5, 5.41) is 7.88. The minimum absolute atomic E-state index is 1.24. The number of hydrogen-bond donors (Lipinski definition) is 0. The van der Waals surface area contributed by atoms with E-state index in [9.17, 15) is 0 Å². The highest BCUT2D eigenvalue weighted by atomic mass is 32.1. The lowest BCUT2D eigenvalue weighted by molar-refractivity contribution is 1.32. The van der Waals surface area contributed by atoms with Gasteiger partial charge in [0.1, 0.15) is 0 Å². The van der Waals surface area contributed by atoms with Crippen molar-refractivity contribution in [2.45, 2.75) is 55.4 Å². The molecule has 0 radical (unpaired) electrons. The molecule has 12 rings (SSSR count). The van der Waals surface area contributed by atoms with Crippen LogP contribution in [0, 0.1) is 55.4 Å². The van der Waals surface area contributed by atoms with Crippen molar-refractivity contribution in [3.8, 4) is 77.9 Å². The zero-order valence-corrected chi connectivity index (χ0v) is 39.2. The van der Waals surface area contributed by atoms with E-state index >= 15 is 0 Å². The molecule has 0 nitrogen and oxygen atoms in total. The highest BCUT2D eigenvalue weighted by molar-refractivity contribution is 7.26. The van der Waals surface area contributed by atoms with Crippen molar-refractivity contribution < 1.29 is 0 Å². The summed E-state index contributed by atoms with van der Waals surface area (Å²) in [5.74, 6) is 0. The van der Waals surface area contributed by atoms with Gasteiger partial charge in [-0.05, 0) is 196 Å². The highest BCUT2D eigenvalue weighted by Gasteiger charge is 2.33. The quantitative estimate of drug-likeness (QED) is 0.162. The van der Waals surface area contributed by atoms with Gasteiger partial charge < -0.3 is 0 Å². The summed E-state index contributed by atoms with van der Waals surface area (Å²) >= 11 is 1.93. The standard InChI is InChI=1S/C64H50S/c1-35-16-20-43(21-17-35)45-24-27-56-53(32-45)55-34-46(44-22-18-36(2)19-23-44)33-54(64(55)65-56)47-25-26-52-59-48(47)14-11-15-51(59)62-60(57-39(5)28-37(3)29-40(57)6)49-12-9-10-13-50(49)61(63(52)62)58-41(7)30-38(4)31-42(58)8/h9-34H,1-8H3. The predicted octanol–water partition coefficient (Wildman–Crippen LogP) is 18.8. The summed E-state index contributed by atoms with van der Waals surface area (Å²) in [6, 6.07) is 60.7. The van der Waals surface area contributed by atoms with Crippen molar-refractivity contribution in [2.75, 3.05) is 0 Å². The molecule has 0 spiro atoms. The van der Waals surface area contributed by atoms with Crippen LogP contribution in [0.3, 0.4) is 0 Å². The molecule has 0 saturated carbocycles. The van der Waals surface area contributed by atoms with Gasteiger partial charge in [-0.25, -0.2) is 0 Å². The molecule has 65 heavy (non-hydrogen) atoms. The number of benzene rings is 10. The third-order valence-corrected chi connectivity index (χ3v) is 15.5. The van der Waals surface area contributed by atoms with E-state index in [2.05, 4.69) is 213 Å². The molecule has 0 atom stereocenters. The zero-order chi connectivity index (χ0) is 44.4. The van der Waals surface area contributed by atoms with Gasteiger partial charge in [-0.1, -0.05) is 156 Å². The third-order valence-electron chi connectivity index (χ3n) is 14.3. The van der Waals surface area contributed by atoms with Crippen molar-refractivity contribution in [3.05, 3.63) is 202 Å². The van der Waals surface area contributed by atoms with Crippen LogP contribution in [0.1, 0.15) is 44.5 Å². The molecular weight excluding hydrogens is 801 g/mol. The first kappa shape index (κ1) is 39.5. The first-order valence-corrected chi connectivity index (χ1v) is 23.8. The van der Waals surface area contributed by atoms with E-state index in [0.29, 0.717) is 0 Å². The minimum Gasteiger partial charge on any atom is -0.135 e. The van der Waals surface area contributed by atoms with Crippen molar-refractivity contribution in [3.63, 3.8) is 0 Å². The van der Waals surface area contributed by atoms with Crippen LogP contribution in [0.4, 0.5) is 0 Å². The summed E-state index contributed by atoms with van der Waals surface area (Å²) in [4.78, 5) is 0. The van der Waals surface area contributed by atoms with Crippen LogP contribution < -0.4 is 0 Å². The molecule has 0 fully saturated rings. The number of fused-ring (bicyclic) bond motifs is 7. The third kappa shape index (κ3) is 6.09. The Morgan fingerprint density at radius 3 is 1.32 bits per heavy atom. The van der Waals surface area contributed by atoms with E-state index in [1.165, 1.54) is 164 Å². The van der Waals surface area contributed by atoms with Gasteiger partial charge in [-0.2, -0.15) is 0 Å². The van der Waals surface area contributed by atoms with Crippen LogP contribution >= 0.6 is 11.3 Å². The second-order valence-electron chi connectivity index (χ2n) is 18.9. The lowest BCUT2D eigenvalue weighted by Gasteiger charge is -2.24. The van der Waals surface area contributed by atoms with Crippen LogP contribution in [-0.2, 0) is 0 Å². The van der Waals surface area contributed by atoms with Gasteiger partial charge in [0.15, 0.2) is 0 Å². The Balaban J connectivity index is 1.19. The average molecular weight is 851 g/mol.